The van der Waals surface area contributed by atoms with Gasteiger partial charge in [-0.1, -0.05) is 6.07 Å². The van der Waals surface area contributed by atoms with Gasteiger partial charge in [-0.05, 0) is 36.8 Å². The van der Waals surface area contributed by atoms with Gasteiger partial charge in [0.15, 0.2) is 11.5 Å². The van der Waals surface area contributed by atoms with Crippen LogP contribution in [0.2, 0.25) is 0 Å². The van der Waals surface area contributed by atoms with E-state index in [4.69, 9.17) is 9.47 Å². The molecule has 4 rings (SSSR count). The van der Waals surface area contributed by atoms with Crippen LogP contribution in [0.3, 0.4) is 0 Å². The van der Waals surface area contributed by atoms with Gasteiger partial charge >= 0.3 is 0 Å². The first kappa shape index (κ1) is 17.3. The molecule has 0 aromatic heterocycles. The molecule has 0 spiro atoms. The summed E-state index contributed by atoms with van der Waals surface area (Å²) in [5, 5.41) is 2.73. The lowest BCUT2D eigenvalue weighted by Gasteiger charge is -2.22. The Bertz CT molecular complexity index is 915. The third-order valence-corrected chi connectivity index (χ3v) is 4.79. The van der Waals surface area contributed by atoms with E-state index in [0.717, 1.165) is 5.56 Å². The Kier molecular flexibility index (Phi) is 4.43. The summed E-state index contributed by atoms with van der Waals surface area (Å²) in [5.41, 5.74) is 1.85. The molecule has 2 aromatic carbocycles. The van der Waals surface area contributed by atoms with Gasteiger partial charge in [0, 0.05) is 30.4 Å². The molecule has 2 heterocycles. The van der Waals surface area contributed by atoms with Crippen molar-refractivity contribution in [2.24, 2.45) is 5.92 Å². The number of halogens is 1. The van der Waals surface area contributed by atoms with Crippen molar-refractivity contribution in [3.63, 3.8) is 0 Å². The Labute approximate surface area is 155 Å². The molecule has 27 heavy (non-hydrogen) atoms. The van der Waals surface area contributed by atoms with E-state index in [9.17, 15) is 14.0 Å². The largest absolute Gasteiger partial charge is 0.486 e. The first-order chi connectivity index (χ1) is 13.0. The summed E-state index contributed by atoms with van der Waals surface area (Å²) >= 11 is 0. The molecular weight excluding hydrogens is 351 g/mol. The van der Waals surface area contributed by atoms with Crippen LogP contribution in [0.1, 0.15) is 12.0 Å². The number of carbonyl (C=O) groups is 2. The molecule has 0 radical (unpaired) electrons. The fourth-order valence-corrected chi connectivity index (χ4v) is 3.30. The smallest absolute Gasteiger partial charge is 0.229 e. The number of nitrogens with zero attached hydrogens (tertiary/aromatic N) is 1. The zero-order valence-corrected chi connectivity index (χ0v) is 14.8. The SMILES string of the molecule is Cc1ccc(F)cc1NC(=O)C1CC(=O)N(c2ccc3c(c2)OCCO3)C1. The molecular formula is C20H19FN2O4. The molecule has 6 nitrogen and oxygen atoms in total. The third-order valence-electron chi connectivity index (χ3n) is 4.79. The van der Waals surface area contributed by atoms with E-state index >= 15 is 0 Å². The number of hydrogen-bond donors (Lipinski definition) is 1. The number of amides is 2. The van der Waals surface area contributed by atoms with Gasteiger partial charge < -0.3 is 19.7 Å². The minimum Gasteiger partial charge on any atom is -0.486 e. The van der Waals surface area contributed by atoms with E-state index < -0.39 is 11.7 Å². The van der Waals surface area contributed by atoms with Crippen LogP contribution in [0.15, 0.2) is 36.4 Å². The highest BCUT2D eigenvalue weighted by Gasteiger charge is 2.35. The normalized spacial score (nSPS) is 18.5. The molecule has 1 unspecified atom stereocenters. The number of aryl methyl sites for hydroxylation is 1. The Morgan fingerprint density at radius 3 is 2.74 bits per heavy atom. The fourth-order valence-electron chi connectivity index (χ4n) is 3.30. The Balaban J connectivity index is 1.49. The topological polar surface area (TPSA) is 67.9 Å². The maximum Gasteiger partial charge on any atom is 0.229 e. The molecule has 2 aliphatic heterocycles. The van der Waals surface area contributed by atoms with E-state index in [-0.39, 0.29) is 24.8 Å². The van der Waals surface area contributed by atoms with Gasteiger partial charge in [-0.15, -0.1) is 0 Å². The molecule has 7 heteroatoms. The number of carbonyl (C=O) groups excluding carboxylic acids is 2. The van der Waals surface area contributed by atoms with Crippen molar-refractivity contribution in [3.05, 3.63) is 47.8 Å². The van der Waals surface area contributed by atoms with Crippen LogP contribution >= 0.6 is 0 Å². The van der Waals surface area contributed by atoms with Crippen LogP contribution in [-0.2, 0) is 9.59 Å². The van der Waals surface area contributed by atoms with Crippen molar-refractivity contribution < 1.29 is 23.5 Å². The van der Waals surface area contributed by atoms with E-state index in [1.54, 1.807) is 36.1 Å². The monoisotopic (exact) mass is 370 g/mol. The molecule has 1 N–H and O–H groups in total. The van der Waals surface area contributed by atoms with E-state index in [0.29, 0.717) is 36.1 Å². The second-order valence-electron chi connectivity index (χ2n) is 6.68. The second-order valence-corrected chi connectivity index (χ2v) is 6.68. The molecule has 1 saturated heterocycles. The van der Waals surface area contributed by atoms with Crippen LogP contribution in [0, 0.1) is 18.7 Å². The highest BCUT2D eigenvalue weighted by atomic mass is 19.1. The number of hydrogen-bond acceptors (Lipinski definition) is 4. The predicted molar refractivity (Wildman–Crippen MR) is 97.7 cm³/mol. The van der Waals surface area contributed by atoms with Crippen LogP contribution < -0.4 is 19.7 Å². The van der Waals surface area contributed by atoms with Crippen molar-refractivity contribution in [3.8, 4) is 11.5 Å². The summed E-state index contributed by atoms with van der Waals surface area (Å²) < 4.78 is 24.5. The average Bonchev–Trinajstić information content (AvgIpc) is 3.06. The fraction of sp³-hybridized carbons (Fsp3) is 0.300. The first-order valence-electron chi connectivity index (χ1n) is 8.78. The molecule has 0 saturated carbocycles. The van der Waals surface area contributed by atoms with Crippen LogP contribution in [0.5, 0.6) is 11.5 Å². The molecule has 1 fully saturated rings. The minimum atomic E-state index is -0.506. The van der Waals surface area contributed by atoms with Crippen LogP contribution in [0.4, 0.5) is 15.8 Å². The number of fused-ring (bicyclic) bond motifs is 1. The molecule has 1 atom stereocenters. The molecule has 2 aliphatic rings. The van der Waals surface area contributed by atoms with Crippen molar-refractivity contribution >= 4 is 23.2 Å². The van der Waals surface area contributed by atoms with E-state index in [2.05, 4.69) is 5.32 Å². The van der Waals surface area contributed by atoms with Crippen LogP contribution in [0.25, 0.3) is 0 Å². The average molecular weight is 370 g/mol. The highest BCUT2D eigenvalue weighted by molar-refractivity contribution is 6.03. The number of rotatable bonds is 3. The van der Waals surface area contributed by atoms with Crippen molar-refractivity contribution in [1.29, 1.82) is 0 Å². The molecule has 140 valence electrons. The lowest BCUT2D eigenvalue weighted by molar-refractivity contribution is -0.122. The Hall–Kier alpha value is -3.09. The minimum absolute atomic E-state index is 0.106. The zero-order valence-electron chi connectivity index (χ0n) is 14.8. The number of anilines is 2. The highest BCUT2D eigenvalue weighted by Crippen LogP contribution is 2.36. The summed E-state index contributed by atoms with van der Waals surface area (Å²) in [6.45, 7) is 3.01. The maximum atomic E-state index is 13.4. The maximum absolute atomic E-state index is 13.4. The predicted octanol–water partition coefficient (Wildman–Crippen LogP) is 2.90. The lowest BCUT2D eigenvalue weighted by Crippen LogP contribution is -2.28. The van der Waals surface area contributed by atoms with E-state index in [1.165, 1.54) is 12.1 Å². The first-order valence-corrected chi connectivity index (χ1v) is 8.78. The molecule has 0 bridgehead atoms. The molecule has 2 aromatic rings. The summed E-state index contributed by atoms with van der Waals surface area (Å²) in [6, 6.07) is 9.52. The van der Waals surface area contributed by atoms with Crippen molar-refractivity contribution in [2.45, 2.75) is 13.3 Å². The van der Waals surface area contributed by atoms with E-state index in [1.807, 2.05) is 0 Å². The van der Waals surface area contributed by atoms with Crippen LogP contribution in [-0.4, -0.2) is 31.6 Å². The zero-order chi connectivity index (χ0) is 19.0. The van der Waals surface area contributed by atoms with Gasteiger partial charge in [0.25, 0.3) is 0 Å². The number of benzene rings is 2. The van der Waals surface area contributed by atoms with Gasteiger partial charge in [-0.3, -0.25) is 9.59 Å². The number of ether oxygens (including phenoxy) is 2. The van der Waals surface area contributed by atoms with Crippen molar-refractivity contribution in [1.82, 2.24) is 0 Å². The Morgan fingerprint density at radius 1 is 1.15 bits per heavy atom. The second kappa shape index (κ2) is 6.90. The quantitative estimate of drug-likeness (QED) is 0.902. The summed E-state index contributed by atoms with van der Waals surface area (Å²) in [5.74, 6) is -0.119. The third kappa shape index (κ3) is 3.45. The van der Waals surface area contributed by atoms with Gasteiger partial charge in [0.2, 0.25) is 11.8 Å². The number of nitrogens with one attached hydrogen (secondary N) is 1. The molecule has 0 aliphatic carbocycles. The summed E-state index contributed by atoms with van der Waals surface area (Å²) in [7, 11) is 0. The van der Waals surface area contributed by atoms with Gasteiger partial charge in [-0.2, -0.15) is 0 Å². The van der Waals surface area contributed by atoms with Gasteiger partial charge in [0.1, 0.15) is 19.0 Å². The van der Waals surface area contributed by atoms with Crippen molar-refractivity contribution in [2.75, 3.05) is 30.0 Å². The standard InChI is InChI=1S/C20H19FN2O4/c1-12-2-3-14(21)9-16(12)22-20(25)13-8-19(24)23(11-13)15-4-5-17-18(10-15)27-7-6-26-17/h2-5,9-10,13H,6-8,11H2,1H3,(H,22,25). The summed E-state index contributed by atoms with van der Waals surface area (Å²) in [4.78, 5) is 26.6. The van der Waals surface area contributed by atoms with Gasteiger partial charge in [-0.25, -0.2) is 4.39 Å². The molecule has 2 amide bonds. The van der Waals surface area contributed by atoms with Gasteiger partial charge in [0.05, 0.1) is 5.92 Å². The summed E-state index contributed by atoms with van der Waals surface area (Å²) in [6.07, 6.45) is 0.106. The Morgan fingerprint density at radius 2 is 1.93 bits per heavy atom. The lowest BCUT2D eigenvalue weighted by atomic mass is 10.1.